The van der Waals surface area contributed by atoms with Crippen molar-refractivity contribution in [3.05, 3.63) is 71.8 Å². The predicted molar refractivity (Wildman–Crippen MR) is 92.3 cm³/mol. The van der Waals surface area contributed by atoms with Crippen LogP contribution in [0.2, 0.25) is 0 Å². The molecule has 118 valence electrons. The zero-order valence-electron chi connectivity index (χ0n) is 13.4. The Hall–Kier alpha value is -2.09. The summed E-state index contributed by atoms with van der Waals surface area (Å²) in [5.74, 6) is 0.220. The van der Waals surface area contributed by atoms with Crippen molar-refractivity contribution in [1.82, 2.24) is 5.32 Å². The maximum absolute atomic E-state index is 12.9. The van der Waals surface area contributed by atoms with Gasteiger partial charge in [-0.2, -0.15) is 0 Å². The van der Waals surface area contributed by atoms with Crippen LogP contribution >= 0.6 is 0 Å². The van der Waals surface area contributed by atoms with Gasteiger partial charge in [-0.25, -0.2) is 0 Å². The van der Waals surface area contributed by atoms with Crippen LogP contribution in [0.3, 0.4) is 0 Å². The van der Waals surface area contributed by atoms with Crippen LogP contribution in [0.4, 0.5) is 0 Å². The molecule has 2 saturated carbocycles. The van der Waals surface area contributed by atoms with E-state index in [1.54, 1.807) is 0 Å². The van der Waals surface area contributed by atoms with Crippen molar-refractivity contribution in [3.63, 3.8) is 0 Å². The second-order valence-corrected chi connectivity index (χ2v) is 7.13. The van der Waals surface area contributed by atoms with Gasteiger partial charge in [0.15, 0.2) is 0 Å². The Morgan fingerprint density at radius 1 is 0.826 bits per heavy atom. The Balaban J connectivity index is 1.48. The molecule has 0 aliphatic heterocycles. The molecule has 2 heteroatoms. The molecule has 0 bridgehead atoms. The number of rotatable bonds is 5. The molecule has 0 spiro atoms. The molecule has 0 atom stereocenters. The van der Waals surface area contributed by atoms with Crippen LogP contribution in [0.25, 0.3) is 0 Å². The minimum absolute atomic E-state index is 0.179. The second-order valence-electron chi connectivity index (χ2n) is 7.13. The molecular weight excluding hydrogens is 282 g/mol. The fourth-order valence-corrected chi connectivity index (χ4v) is 3.86. The van der Waals surface area contributed by atoms with Gasteiger partial charge < -0.3 is 5.32 Å². The highest BCUT2D eigenvalue weighted by Crippen LogP contribution is 2.48. The molecule has 1 N–H and O–H groups in total. The van der Waals surface area contributed by atoms with E-state index in [-0.39, 0.29) is 16.7 Å². The van der Waals surface area contributed by atoms with E-state index in [1.165, 1.54) is 24.0 Å². The van der Waals surface area contributed by atoms with Crippen molar-refractivity contribution in [2.24, 2.45) is 0 Å². The summed E-state index contributed by atoms with van der Waals surface area (Å²) in [5.41, 5.74) is 2.43. The molecule has 0 unspecified atom stereocenters. The summed E-state index contributed by atoms with van der Waals surface area (Å²) in [7, 11) is 0. The number of hydrogen-bond donors (Lipinski definition) is 1. The van der Waals surface area contributed by atoms with Crippen LogP contribution in [-0.4, -0.2) is 12.5 Å². The molecule has 0 heterocycles. The molecule has 0 saturated heterocycles. The van der Waals surface area contributed by atoms with Gasteiger partial charge in [-0.3, -0.25) is 4.79 Å². The molecule has 4 rings (SSSR count). The van der Waals surface area contributed by atoms with Crippen molar-refractivity contribution in [3.8, 4) is 0 Å². The van der Waals surface area contributed by atoms with Crippen LogP contribution in [0, 0.1) is 0 Å². The molecule has 2 aliphatic carbocycles. The average molecular weight is 305 g/mol. The minimum atomic E-state index is -0.284. The van der Waals surface area contributed by atoms with Crippen molar-refractivity contribution >= 4 is 5.91 Å². The third kappa shape index (κ3) is 2.46. The molecular formula is C21H23NO. The first-order valence-electron chi connectivity index (χ1n) is 8.65. The molecule has 2 fully saturated rings. The predicted octanol–water partition coefficient (Wildman–Crippen LogP) is 3.96. The van der Waals surface area contributed by atoms with E-state index in [0.717, 1.165) is 25.8 Å². The number of amides is 1. The standard InChI is InChI=1S/C21H23NO/c23-19(21(12-7-13-21)18-10-5-2-6-11-18)22-16-20(14-15-20)17-8-3-1-4-9-17/h1-6,8-11H,7,12-16H2,(H,22,23). The van der Waals surface area contributed by atoms with E-state index in [2.05, 4.69) is 47.8 Å². The lowest BCUT2D eigenvalue weighted by Gasteiger charge is -2.41. The Labute approximate surface area is 137 Å². The Bertz CT molecular complexity index is 684. The Kier molecular flexibility index (Phi) is 3.48. The quantitative estimate of drug-likeness (QED) is 0.890. The zero-order valence-corrected chi connectivity index (χ0v) is 13.4. The lowest BCUT2D eigenvalue weighted by atomic mass is 9.63. The zero-order chi connectivity index (χ0) is 15.8. The fraction of sp³-hybridized carbons (Fsp3) is 0.381. The Morgan fingerprint density at radius 3 is 1.87 bits per heavy atom. The molecule has 23 heavy (non-hydrogen) atoms. The summed E-state index contributed by atoms with van der Waals surface area (Å²) in [6.45, 7) is 0.768. The number of benzene rings is 2. The highest BCUT2D eigenvalue weighted by molar-refractivity contribution is 5.89. The van der Waals surface area contributed by atoms with Gasteiger partial charge in [0.25, 0.3) is 0 Å². The minimum Gasteiger partial charge on any atom is -0.354 e. The van der Waals surface area contributed by atoms with Crippen molar-refractivity contribution in [2.75, 3.05) is 6.54 Å². The third-order valence-electron chi connectivity index (χ3n) is 5.80. The second kappa shape index (κ2) is 5.52. The molecule has 1 amide bonds. The summed E-state index contributed by atoms with van der Waals surface area (Å²) >= 11 is 0. The smallest absolute Gasteiger partial charge is 0.230 e. The summed E-state index contributed by atoms with van der Waals surface area (Å²) in [6, 6.07) is 20.9. The maximum atomic E-state index is 12.9. The summed E-state index contributed by atoms with van der Waals surface area (Å²) in [5, 5.41) is 3.29. The van der Waals surface area contributed by atoms with Crippen LogP contribution in [0.5, 0.6) is 0 Å². The normalized spacial score (nSPS) is 20.3. The highest BCUT2D eigenvalue weighted by Gasteiger charge is 2.48. The van der Waals surface area contributed by atoms with E-state index in [9.17, 15) is 4.79 Å². The van der Waals surface area contributed by atoms with Gasteiger partial charge in [-0.05, 0) is 36.8 Å². The molecule has 0 aromatic heterocycles. The first kappa shape index (κ1) is 14.5. The summed E-state index contributed by atoms with van der Waals surface area (Å²) < 4.78 is 0. The Morgan fingerprint density at radius 2 is 1.39 bits per heavy atom. The summed E-state index contributed by atoms with van der Waals surface area (Å²) in [4.78, 5) is 12.9. The highest BCUT2D eigenvalue weighted by atomic mass is 16.2. The van der Waals surface area contributed by atoms with Gasteiger partial charge in [0.05, 0.1) is 5.41 Å². The van der Waals surface area contributed by atoms with Crippen LogP contribution in [-0.2, 0) is 15.6 Å². The van der Waals surface area contributed by atoms with Gasteiger partial charge in [0.2, 0.25) is 5.91 Å². The topological polar surface area (TPSA) is 29.1 Å². The van der Waals surface area contributed by atoms with E-state index in [1.807, 2.05) is 18.2 Å². The first-order chi connectivity index (χ1) is 11.3. The van der Waals surface area contributed by atoms with E-state index in [4.69, 9.17) is 0 Å². The fourth-order valence-electron chi connectivity index (χ4n) is 3.86. The average Bonchev–Trinajstić information content (AvgIpc) is 3.35. The van der Waals surface area contributed by atoms with Gasteiger partial charge in [0, 0.05) is 12.0 Å². The summed E-state index contributed by atoms with van der Waals surface area (Å²) in [6.07, 6.45) is 5.44. The lowest BCUT2D eigenvalue weighted by Crippen LogP contribution is -2.50. The van der Waals surface area contributed by atoms with Crippen molar-refractivity contribution in [1.29, 1.82) is 0 Å². The van der Waals surface area contributed by atoms with E-state index in [0.29, 0.717) is 0 Å². The van der Waals surface area contributed by atoms with Crippen molar-refractivity contribution in [2.45, 2.75) is 42.9 Å². The number of hydrogen-bond acceptors (Lipinski definition) is 1. The first-order valence-corrected chi connectivity index (χ1v) is 8.65. The van der Waals surface area contributed by atoms with Gasteiger partial charge in [-0.15, -0.1) is 0 Å². The molecule has 2 aromatic carbocycles. The molecule has 2 nitrogen and oxygen atoms in total. The molecule has 2 aromatic rings. The van der Waals surface area contributed by atoms with Crippen LogP contribution < -0.4 is 5.32 Å². The monoisotopic (exact) mass is 305 g/mol. The van der Waals surface area contributed by atoms with Gasteiger partial charge in [-0.1, -0.05) is 67.1 Å². The molecule has 0 radical (unpaired) electrons. The number of carbonyl (C=O) groups excluding carboxylic acids is 1. The van der Waals surface area contributed by atoms with Crippen LogP contribution in [0.15, 0.2) is 60.7 Å². The van der Waals surface area contributed by atoms with Crippen LogP contribution in [0.1, 0.15) is 43.2 Å². The number of nitrogens with one attached hydrogen (secondary N) is 1. The van der Waals surface area contributed by atoms with Crippen molar-refractivity contribution < 1.29 is 4.79 Å². The van der Waals surface area contributed by atoms with E-state index >= 15 is 0 Å². The van der Waals surface area contributed by atoms with Gasteiger partial charge in [0.1, 0.15) is 0 Å². The maximum Gasteiger partial charge on any atom is 0.230 e. The van der Waals surface area contributed by atoms with E-state index < -0.39 is 0 Å². The van der Waals surface area contributed by atoms with Gasteiger partial charge >= 0.3 is 0 Å². The SMILES string of the molecule is O=C(NCC1(c2ccccc2)CC1)C1(c2ccccc2)CCC1. The number of carbonyl (C=O) groups is 1. The largest absolute Gasteiger partial charge is 0.354 e. The lowest BCUT2D eigenvalue weighted by molar-refractivity contribution is -0.130. The third-order valence-corrected chi connectivity index (χ3v) is 5.80. The molecule has 2 aliphatic rings.